The molecular formula is C16H21BrN2O. The van der Waals surface area contributed by atoms with Gasteiger partial charge >= 0.3 is 0 Å². The third-order valence-corrected chi connectivity index (χ3v) is 4.77. The van der Waals surface area contributed by atoms with Crippen molar-refractivity contribution in [1.82, 2.24) is 9.78 Å². The van der Waals surface area contributed by atoms with Crippen LogP contribution in [-0.2, 0) is 6.42 Å². The molecule has 1 aromatic heterocycles. The summed E-state index contributed by atoms with van der Waals surface area (Å²) >= 11 is 3.55. The van der Waals surface area contributed by atoms with Gasteiger partial charge in [-0.2, -0.15) is 5.10 Å². The van der Waals surface area contributed by atoms with Crippen LogP contribution in [0.25, 0.3) is 0 Å². The maximum atomic E-state index is 10.4. The number of hydrogen-bond acceptors (Lipinski definition) is 2. The van der Waals surface area contributed by atoms with E-state index in [0.29, 0.717) is 12.5 Å². The van der Waals surface area contributed by atoms with Gasteiger partial charge in [0.2, 0.25) is 0 Å². The topological polar surface area (TPSA) is 38.0 Å². The number of aryl methyl sites for hydroxylation is 1. The zero-order chi connectivity index (χ0) is 14.7. The largest absolute Gasteiger partial charge is 0.388 e. The van der Waals surface area contributed by atoms with Crippen LogP contribution >= 0.6 is 15.9 Å². The Morgan fingerprint density at radius 1 is 1.35 bits per heavy atom. The summed E-state index contributed by atoms with van der Waals surface area (Å²) in [7, 11) is 0. The SMILES string of the molecule is CCC(C)n1ccc(CC(O)c2cccc(C)c2Br)n1. The van der Waals surface area contributed by atoms with E-state index in [-0.39, 0.29) is 0 Å². The Morgan fingerprint density at radius 3 is 2.80 bits per heavy atom. The second-order valence-corrected chi connectivity index (χ2v) is 6.04. The molecule has 1 aromatic carbocycles. The zero-order valence-electron chi connectivity index (χ0n) is 12.2. The average molecular weight is 337 g/mol. The molecule has 2 aromatic rings. The van der Waals surface area contributed by atoms with Gasteiger partial charge in [-0.1, -0.05) is 41.1 Å². The van der Waals surface area contributed by atoms with Crippen molar-refractivity contribution in [3.8, 4) is 0 Å². The molecule has 1 heterocycles. The van der Waals surface area contributed by atoms with Crippen molar-refractivity contribution >= 4 is 15.9 Å². The number of hydrogen-bond donors (Lipinski definition) is 1. The minimum absolute atomic E-state index is 0.395. The standard InChI is InChI=1S/C16H21BrN2O/c1-4-12(3)19-9-8-13(18-19)10-15(20)14-7-5-6-11(2)16(14)17/h5-9,12,15,20H,4,10H2,1-3H3. The molecule has 108 valence electrons. The van der Waals surface area contributed by atoms with Gasteiger partial charge in [0.25, 0.3) is 0 Å². The highest BCUT2D eigenvalue weighted by Crippen LogP contribution is 2.28. The molecule has 1 N–H and O–H groups in total. The molecule has 0 saturated heterocycles. The van der Waals surface area contributed by atoms with E-state index >= 15 is 0 Å². The number of benzene rings is 1. The summed E-state index contributed by atoms with van der Waals surface area (Å²) in [5.41, 5.74) is 2.97. The molecule has 3 nitrogen and oxygen atoms in total. The fourth-order valence-electron chi connectivity index (χ4n) is 2.15. The van der Waals surface area contributed by atoms with Crippen LogP contribution in [0.5, 0.6) is 0 Å². The molecule has 4 heteroatoms. The predicted octanol–water partition coefficient (Wildman–Crippen LogP) is 4.20. The Balaban J connectivity index is 2.13. The van der Waals surface area contributed by atoms with Gasteiger partial charge < -0.3 is 5.11 Å². The Kier molecular flexibility index (Phi) is 5.00. The van der Waals surface area contributed by atoms with E-state index in [9.17, 15) is 5.11 Å². The fourth-order valence-corrected chi connectivity index (χ4v) is 2.68. The predicted molar refractivity (Wildman–Crippen MR) is 84.8 cm³/mol. The van der Waals surface area contributed by atoms with Crippen LogP contribution in [0.1, 0.15) is 49.2 Å². The van der Waals surface area contributed by atoms with Gasteiger partial charge in [-0.3, -0.25) is 4.68 Å². The van der Waals surface area contributed by atoms with Crippen molar-refractivity contribution < 1.29 is 5.11 Å². The van der Waals surface area contributed by atoms with E-state index in [0.717, 1.165) is 27.7 Å². The number of aliphatic hydroxyl groups is 1. The van der Waals surface area contributed by atoms with Crippen LogP contribution < -0.4 is 0 Å². The number of aliphatic hydroxyl groups excluding tert-OH is 1. The van der Waals surface area contributed by atoms with Crippen molar-refractivity contribution in [2.45, 2.75) is 45.8 Å². The molecule has 0 spiro atoms. The number of aromatic nitrogens is 2. The van der Waals surface area contributed by atoms with Gasteiger partial charge in [-0.05, 0) is 37.5 Å². The van der Waals surface area contributed by atoms with Crippen molar-refractivity contribution in [3.63, 3.8) is 0 Å². The molecule has 0 aliphatic rings. The van der Waals surface area contributed by atoms with Crippen LogP contribution in [0, 0.1) is 6.92 Å². The lowest BCUT2D eigenvalue weighted by atomic mass is 10.0. The van der Waals surface area contributed by atoms with Crippen LogP contribution in [0.2, 0.25) is 0 Å². The second-order valence-electron chi connectivity index (χ2n) is 5.24. The minimum Gasteiger partial charge on any atom is -0.388 e. The summed E-state index contributed by atoms with van der Waals surface area (Å²) in [5, 5.41) is 14.9. The summed E-state index contributed by atoms with van der Waals surface area (Å²) < 4.78 is 2.95. The number of nitrogens with zero attached hydrogens (tertiary/aromatic N) is 2. The molecule has 0 amide bonds. The van der Waals surface area contributed by atoms with Crippen molar-refractivity contribution in [2.24, 2.45) is 0 Å². The first kappa shape index (κ1) is 15.3. The summed E-state index contributed by atoms with van der Waals surface area (Å²) in [5.74, 6) is 0. The van der Waals surface area contributed by atoms with Crippen LogP contribution in [-0.4, -0.2) is 14.9 Å². The second kappa shape index (κ2) is 6.55. The van der Waals surface area contributed by atoms with Gasteiger partial charge in [-0.15, -0.1) is 0 Å². The molecule has 0 aliphatic heterocycles. The summed E-state index contributed by atoms with van der Waals surface area (Å²) in [6.45, 7) is 6.31. The van der Waals surface area contributed by atoms with Gasteiger partial charge in [0.1, 0.15) is 0 Å². The highest BCUT2D eigenvalue weighted by Gasteiger charge is 2.15. The van der Waals surface area contributed by atoms with Gasteiger partial charge in [0.05, 0.1) is 11.8 Å². The Morgan fingerprint density at radius 2 is 2.10 bits per heavy atom. The lowest BCUT2D eigenvalue weighted by Crippen LogP contribution is -2.07. The van der Waals surface area contributed by atoms with Crippen LogP contribution in [0.3, 0.4) is 0 Å². The lowest BCUT2D eigenvalue weighted by Gasteiger charge is -2.13. The first-order valence-electron chi connectivity index (χ1n) is 7.00. The quantitative estimate of drug-likeness (QED) is 0.888. The van der Waals surface area contributed by atoms with Crippen molar-refractivity contribution in [3.05, 3.63) is 51.8 Å². The average Bonchev–Trinajstić information content (AvgIpc) is 2.89. The fraction of sp³-hybridized carbons (Fsp3) is 0.438. The third kappa shape index (κ3) is 3.30. The van der Waals surface area contributed by atoms with E-state index < -0.39 is 6.10 Å². The van der Waals surface area contributed by atoms with E-state index in [1.807, 2.05) is 42.1 Å². The van der Waals surface area contributed by atoms with E-state index in [4.69, 9.17) is 0 Å². The Labute approximate surface area is 128 Å². The molecule has 0 radical (unpaired) electrons. The molecule has 0 saturated carbocycles. The Hall–Kier alpha value is -1.13. The molecule has 2 rings (SSSR count). The highest BCUT2D eigenvalue weighted by molar-refractivity contribution is 9.10. The van der Waals surface area contributed by atoms with E-state index in [2.05, 4.69) is 34.9 Å². The number of rotatable bonds is 5. The van der Waals surface area contributed by atoms with E-state index in [1.54, 1.807) is 0 Å². The third-order valence-electron chi connectivity index (χ3n) is 3.69. The summed E-state index contributed by atoms with van der Waals surface area (Å²) in [6, 6.07) is 8.33. The van der Waals surface area contributed by atoms with Gasteiger partial charge in [0.15, 0.2) is 0 Å². The molecule has 20 heavy (non-hydrogen) atoms. The summed E-state index contributed by atoms with van der Waals surface area (Å²) in [6.07, 6.45) is 3.03. The number of halogens is 1. The van der Waals surface area contributed by atoms with Crippen LogP contribution in [0.4, 0.5) is 0 Å². The highest BCUT2D eigenvalue weighted by atomic mass is 79.9. The molecule has 0 aliphatic carbocycles. The molecule has 0 bridgehead atoms. The summed E-state index contributed by atoms with van der Waals surface area (Å²) in [4.78, 5) is 0. The minimum atomic E-state index is -0.537. The zero-order valence-corrected chi connectivity index (χ0v) is 13.8. The van der Waals surface area contributed by atoms with Crippen molar-refractivity contribution in [2.75, 3.05) is 0 Å². The maximum absolute atomic E-state index is 10.4. The smallest absolute Gasteiger partial charge is 0.0857 e. The molecule has 0 fully saturated rings. The first-order valence-corrected chi connectivity index (χ1v) is 7.79. The van der Waals surface area contributed by atoms with Gasteiger partial charge in [-0.25, -0.2) is 0 Å². The normalized spacial score (nSPS) is 14.2. The van der Waals surface area contributed by atoms with Crippen LogP contribution in [0.15, 0.2) is 34.9 Å². The lowest BCUT2D eigenvalue weighted by molar-refractivity contribution is 0.176. The monoisotopic (exact) mass is 336 g/mol. The van der Waals surface area contributed by atoms with Gasteiger partial charge in [0, 0.05) is 23.1 Å². The van der Waals surface area contributed by atoms with E-state index in [1.165, 1.54) is 0 Å². The Bertz CT molecular complexity index is 580. The first-order chi connectivity index (χ1) is 9.52. The van der Waals surface area contributed by atoms with Crippen molar-refractivity contribution in [1.29, 1.82) is 0 Å². The molecule has 2 unspecified atom stereocenters. The molecular weight excluding hydrogens is 316 g/mol. The molecule has 2 atom stereocenters. The maximum Gasteiger partial charge on any atom is 0.0857 e.